The summed E-state index contributed by atoms with van der Waals surface area (Å²) >= 11 is 0. The van der Waals surface area contributed by atoms with Crippen LogP contribution in [0, 0.1) is 0 Å². The molecular formula is C21H30ClNO3. The van der Waals surface area contributed by atoms with Gasteiger partial charge in [-0.1, -0.05) is 31.5 Å². The second kappa shape index (κ2) is 11.7. The lowest BCUT2D eigenvalue weighted by Crippen LogP contribution is -2.17. The summed E-state index contributed by atoms with van der Waals surface area (Å²) in [4.78, 5) is 0. The van der Waals surface area contributed by atoms with Crippen molar-refractivity contribution in [2.75, 3.05) is 27.9 Å². The highest BCUT2D eigenvalue weighted by Crippen LogP contribution is 2.30. The first kappa shape index (κ1) is 22.1. The van der Waals surface area contributed by atoms with E-state index in [4.69, 9.17) is 14.2 Å². The molecule has 0 heterocycles. The molecule has 144 valence electrons. The molecule has 0 aliphatic rings. The summed E-state index contributed by atoms with van der Waals surface area (Å²) in [7, 11) is 5.15. The Morgan fingerprint density at radius 2 is 1.35 bits per heavy atom. The SMILES string of the molecule is CCCc1cc(OC)c(CCNCc2ccccc2OC)cc1OC.Cl. The molecule has 0 fully saturated rings. The number of hydrogen-bond acceptors (Lipinski definition) is 4. The number of aryl methyl sites for hydroxylation is 1. The van der Waals surface area contributed by atoms with Gasteiger partial charge in [0.2, 0.25) is 0 Å². The van der Waals surface area contributed by atoms with Crippen LogP contribution in [0.3, 0.4) is 0 Å². The molecule has 2 aromatic carbocycles. The second-order valence-electron chi connectivity index (χ2n) is 5.96. The summed E-state index contributed by atoms with van der Waals surface area (Å²) in [6, 6.07) is 12.3. The van der Waals surface area contributed by atoms with E-state index in [1.54, 1.807) is 21.3 Å². The molecule has 0 unspecified atom stereocenters. The van der Waals surface area contributed by atoms with Crippen LogP contribution in [0.25, 0.3) is 0 Å². The molecule has 0 bridgehead atoms. The third-order valence-corrected chi connectivity index (χ3v) is 4.28. The molecule has 1 N–H and O–H groups in total. The molecule has 2 rings (SSSR count). The van der Waals surface area contributed by atoms with Crippen LogP contribution in [-0.4, -0.2) is 27.9 Å². The number of nitrogens with one attached hydrogen (secondary N) is 1. The van der Waals surface area contributed by atoms with Crippen LogP contribution in [0.1, 0.15) is 30.0 Å². The largest absolute Gasteiger partial charge is 0.496 e. The molecule has 0 saturated heterocycles. The van der Waals surface area contributed by atoms with Gasteiger partial charge in [0, 0.05) is 12.1 Å². The average molecular weight is 380 g/mol. The highest BCUT2D eigenvalue weighted by molar-refractivity contribution is 5.85. The van der Waals surface area contributed by atoms with Gasteiger partial charge in [0.15, 0.2) is 0 Å². The van der Waals surface area contributed by atoms with Crippen molar-refractivity contribution < 1.29 is 14.2 Å². The smallest absolute Gasteiger partial charge is 0.123 e. The molecule has 0 atom stereocenters. The second-order valence-corrected chi connectivity index (χ2v) is 5.96. The van der Waals surface area contributed by atoms with Crippen LogP contribution in [0.4, 0.5) is 0 Å². The molecule has 5 heteroatoms. The van der Waals surface area contributed by atoms with Crippen molar-refractivity contribution in [2.24, 2.45) is 0 Å². The van der Waals surface area contributed by atoms with Crippen molar-refractivity contribution in [2.45, 2.75) is 32.7 Å². The summed E-state index contributed by atoms with van der Waals surface area (Å²) in [5, 5.41) is 3.48. The number of hydrogen-bond donors (Lipinski definition) is 1. The third-order valence-electron chi connectivity index (χ3n) is 4.28. The quantitative estimate of drug-likeness (QED) is 0.620. The van der Waals surface area contributed by atoms with E-state index in [0.29, 0.717) is 0 Å². The van der Waals surface area contributed by atoms with E-state index in [9.17, 15) is 0 Å². The van der Waals surface area contributed by atoms with Crippen LogP contribution in [0.15, 0.2) is 36.4 Å². The summed E-state index contributed by atoms with van der Waals surface area (Å²) in [6.45, 7) is 3.80. The van der Waals surface area contributed by atoms with Gasteiger partial charge in [-0.25, -0.2) is 0 Å². The minimum absolute atomic E-state index is 0. The van der Waals surface area contributed by atoms with Crippen molar-refractivity contribution in [3.05, 3.63) is 53.1 Å². The molecule has 0 radical (unpaired) electrons. The Kier molecular flexibility index (Phi) is 9.92. The monoisotopic (exact) mass is 379 g/mol. The van der Waals surface area contributed by atoms with E-state index >= 15 is 0 Å². The number of ether oxygens (including phenoxy) is 3. The molecule has 0 aromatic heterocycles. The minimum Gasteiger partial charge on any atom is -0.496 e. The first-order valence-corrected chi connectivity index (χ1v) is 8.79. The highest BCUT2D eigenvalue weighted by Gasteiger charge is 2.11. The summed E-state index contributed by atoms with van der Waals surface area (Å²) in [5.74, 6) is 2.80. The van der Waals surface area contributed by atoms with Gasteiger partial charge in [-0.05, 0) is 48.7 Å². The summed E-state index contributed by atoms with van der Waals surface area (Å²) < 4.78 is 16.5. The molecule has 26 heavy (non-hydrogen) atoms. The number of benzene rings is 2. The van der Waals surface area contributed by atoms with Crippen LogP contribution in [0.5, 0.6) is 17.2 Å². The number of methoxy groups -OCH3 is 3. The Balaban J connectivity index is 0.00000338. The molecule has 0 amide bonds. The lowest BCUT2D eigenvalue weighted by atomic mass is 10.0. The topological polar surface area (TPSA) is 39.7 Å². The lowest BCUT2D eigenvalue weighted by molar-refractivity contribution is 0.394. The molecule has 0 spiro atoms. The zero-order valence-electron chi connectivity index (χ0n) is 16.1. The van der Waals surface area contributed by atoms with Crippen LogP contribution >= 0.6 is 12.4 Å². The van der Waals surface area contributed by atoms with Crippen molar-refractivity contribution in [1.82, 2.24) is 5.32 Å². The van der Waals surface area contributed by atoms with E-state index in [0.717, 1.165) is 60.7 Å². The first-order chi connectivity index (χ1) is 12.2. The van der Waals surface area contributed by atoms with E-state index in [-0.39, 0.29) is 12.4 Å². The molecule has 2 aromatic rings. The van der Waals surface area contributed by atoms with Gasteiger partial charge in [0.25, 0.3) is 0 Å². The fourth-order valence-corrected chi connectivity index (χ4v) is 2.98. The zero-order chi connectivity index (χ0) is 18.1. The number of halogens is 1. The Bertz CT molecular complexity index is 676. The van der Waals surface area contributed by atoms with Gasteiger partial charge in [0.1, 0.15) is 17.2 Å². The number of para-hydroxylation sites is 1. The maximum Gasteiger partial charge on any atom is 0.123 e. The molecule has 0 aliphatic carbocycles. The normalized spacial score (nSPS) is 10.2. The van der Waals surface area contributed by atoms with E-state index in [1.165, 1.54) is 5.56 Å². The Labute approximate surface area is 163 Å². The Morgan fingerprint density at radius 3 is 1.92 bits per heavy atom. The molecule has 0 aliphatic heterocycles. The summed E-state index contributed by atoms with van der Waals surface area (Å²) in [5.41, 5.74) is 3.52. The van der Waals surface area contributed by atoms with Crippen LogP contribution < -0.4 is 19.5 Å². The molecular weight excluding hydrogens is 350 g/mol. The standard InChI is InChI=1S/C21H29NO3.ClH/c1-5-8-16-13-21(25-4)17(14-20(16)24-3)11-12-22-15-18-9-6-7-10-19(18)23-2;/h6-7,9-10,13-14,22H,5,8,11-12,15H2,1-4H3;1H. The minimum atomic E-state index is 0. The van der Waals surface area contributed by atoms with Gasteiger partial charge in [-0.3, -0.25) is 0 Å². The summed E-state index contributed by atoms with van der Waals surface area (Å²) in [6.07, 6.45) is 2.95. The maximum atomic E-state index is 5.58. The van der Waals surface area contributed by atoms with Gasteiger partial charge in [0.05, 0.1) is 21.3 Å². The van der Waals surface area contributed by atoms with Crippen molar-refractivity contribution in [3.63, 3.8) is 0 Å². The van der Waals surface area contributed by atoms with Gasteiger partial charge in [-0.2, -0.15) is 0 Å². The van der Waals surface area contributed by atoms with Gasteiger partial charge in [-0.15, -0.1) is 12.4 Å². The molecule has 4 nitrogen and oxygen atoms in total. The van der Waals surface area contributed by atoms with E-state index in [1.807, 2.05) is 18.2 Å². The van der Waals surface area contributed by atoms with Crippen molar-refractivity contribution >= 4 is 12.4 Å². The maximum absolute atomic E-state index is 5.58. The Morgan fingerprint density at radius 1 is 0.769 bits per heavy atom. The predicted octanol–water partition coefficient (Wildman–Crippen LogP) is 4.42. The predicted molar refractivity (Wildman–Crippen MR) is 109 cm³/mol. The van der Waals surface area contributed by atoms with Gasteiger partial charge >= 0.3 is 0 Å². The average Bonchev–Trinajstić information content (AvgIpc) is 2.66. The lowest BCUT2D eigenvalue weighted by Gasteiger charge is -2.15. The number of rotatable bonds is 10. The first-order valence-electron chi connectivity index (χ1n) is 8.79. The highest BCUT2D eigenvalue weighted by atomic mass is 35.5. The fraction of sp³-hybridized carbons (Fsp3) is 0.429. The van der Waals surface area contributed by atoms with Crippen LogP contribution in [0.2, 0.25) is 0 Å². The van der Waals surface area contributed by atoms with Crippen molar-refractivity contribution in [1.29, 1.82) is 0 Å². The Hall–Kier alpha value is -1.91. The molecule has 0 saturated carbocycles. The third kappa shape index (κ3) is 5.82. The van der Waals surface area contributed by atoms with Crippen molar-refractivity contribution in [3.8, 4) is 17.2 Å². The van der Waals surface area contributed by atoms with E-state index < -0.39 is 0 Å². The zero-order valence-corrected chi connectivity index (χ0v) is 16.9. The fourth-order valence-electron chi connectivity index (χ4n) is 2.98. The van der Waals surface area contributed by atoms with Crippen LogP contribution in [-0.2, 0) is 19.4 Å². The van der Waals surface area contributed by atoms with Gasteiger partial charge < -0.3 is 19.5 Å². The van der Waals surface area contributed by atoms with E-state index in [2.05, 4.69) is 30.4 Å².